The number of nitrogens with zero attached hydrogens (tertiary/aromatic N) is 2. The van der Waals surface area contributed by atoms with Gasteiger partial charge in [-0.2, -0.15) is 0 Å². The van der Waals surface area contributed by atoms with Crippen LogP contribution in [-0.4, -0.2) is 24.0 Å². The number of pyridine rings is 1. The fraction of sp³-hybridized carbons (Fsp3) is 0.417. The van der Waals surface area contributed by atoms with E-state index in [2.05, 4.69) is 11.6 Å². The summed E-state index contributed by atoms with van der Waals surface area (Å²) < 4.78 is 39.6. The maximum Gasteiger partial charge on any atom is 0.251 e. The molecule has 1 fully saturated rings. The van der Waals surface area contributed by atoms with Crippen LogP contribution in [0.25, 0.3) is 6.08 Å². The van der Waals surface area contributed by atoms with Gasteiger partial charge in [-0.25, -0.2) is 18.2 Å². The number of halogens is 3. The third-order valence-corrected chi connectivity index (χ3v) is 2.87. The Bertz CT molecular complexity index is 422. The Morgan fingerprint density at radius 1 is 1.35 bits per heavy atom. The van der Waals surface area contributed by atoms with E-state index in [4.69, 9.17) is 0 Å². The second kappa shape index (κ2) is 4.39. The molecule has 2 rings (SSSR count). The highest BCUT2D eigenvalue weighted by Gasteiger charge is 2.35. The van der Waals surface area contributed by atoms with Gasteiger partial charge in [0, 0.05) is 32.1 Å². The summed E-state index contributed by atoms with van der Waals surface area (Å²) in [5.74, 6) is -2.98. The summed E-state index contributed by atoms with van der Waals surface area (Å²) in [5.41, 5.74) is 0.577. The molecule has 5 heteroatoms. The van der Waals surface area contributed by atoms with Gasteiger partial charge < -0.3 is 4.90 Å². The monoisotopic (exact) mass is 242 g/mol. The van der Waals surface area contributed by atoms with E-state index < -0.39 is 11.7 Å². The minimum absolute atomic E-state index is 0.129. The zero-order valence-electron chi connectivity index (χ0n) is 9.30. The van der Waals surface area contributed by atoms with Crippen molar-refractivity contribution in [2.75, 3.05) is 18.0 Å². The molecule has 92 valence electrons. The first-order valence-corrected chi connectivity index (χ1v) is 5.42. The Morgan fingerprint density at radius 2 is 2.00 bits per heavy atom. The zero-order valence-corrected chi connectivity index (χ0v) is 9.30. The molecule has 0 atom stereocenters. The average Bonchev–Trinajstić information content (AvgIpc) is 2.29. The predicted molar refractivity (Wildman–Crippen MR) is 60.7 cm³/mol. The van der Waals surface area contributed by atoms with Gasteiger partial charge in [-0.05, 0) is 11.6 Å². The molecule has 0 unspecified atom stereocenters. The lowest BCUT2D eigenvalue weighted by atomic mass is 10.1. The normalized spacial score (nSPS) is 19.1. The van der Waals surface area contributed by atoms with Crippen LogP contribution in [0.1, 0.15) is 18.4 Å². The zero-order chi connectivity index (χ0) is 12.5. The lowest BCUT2D eigenvalue weighted by Gasteiger charge is -2.32. The molecule has 1 aromatic rings. The molecule has 0 spiro atoms. The van der Waals surface area contributed by atoms with Crippen molar-refractivity contribution in [3.8, 4) is 0 Å². The summed E-state index contributed by atoms with van der Waals surface area (Å²) in [6.45, 7) is 3.77. The second-order valence-electron chi connectivity index (χ2n) is 4.12. The summed E-state index contributed by atoms with van der Waals surface area (Å²) in [5, 5.41) is 0. The molecule has 0 aromatic carbocycles. The van der Waals surface area contributed by atoms with E-state index in [1.54, 1.807) is 4.90 Å². The van der Waals surface area contributed by atoms with Gasteiger partial charge in [0.15, 0.2) is 11.6 Å². The number of anilines is 1. The quantitative estimate of drug-likeness (QED) is 0.792. The summed E-state index contributed by atoms with van der Waals surface area (Å²) in [6, 6.07) is 1.31. The van der Waals surface area contributed by atoms with E-state index >= 15 is 0 Å². The van der Waals surface area contributed by atoms with Crippen LogP contribution in [0.2, 0.25) is 0 Å². The molecule has 1 saturated heterocycles. The highest BCUT2D eigenvalue weighted by molar-refractivity contribution is 5.50. The van der Waals surface area contributed by atoms with Crippen molar-refractivity contribution in [3.63, 3.8) is 0 Å². The van der Waals surface area contributed by atoms with Crippen molar-refractivity contribution in [1.82, 2.24) is 4.98 Å². The molecule has 0 bridgehead atoms. The van der Waals surface area contributed by atoms with Crippen molar-refractivity contribution in [2.24, 2.45) is 0 Å². The van der Waals surface area contributed by atoms with E-state index in [1.165, 1.54) is 18.3 Å². The van der Waals surface area contributed by atoms with Crippen molar-refractivity contribution in [1.29, 1.82) is 0 Å². The molecule has 0 saturated carbocycles. The van der Waals surface area contributed by atoms with Crippen molar-refractivity contribution in [3.05, 3.63) is 30.2 Å². The lowest BCUT2D eigenvalue weighted by Crippen LogP contribution is -2.40. The van der Waals surface area contributed by atoms with Gasteiger partial charge in [0.05, 0.1) is 0 Å². The Kier molecular flexibility index (Phi) is 3.09. The molecule has 0 aliphatic carbocycles. The van der Waals surface area contributed by atoms with Crippen molar-refractivity contribution in [2.45, 2.75) is 18.8 Å². The first kappa shape index (κ1) is 12.0. The Labute approximate surface area is 97.8 Å². The largest absolute Gasteiger partial charge is 0.354 e. The maximum absolute atomic E-state index is 13.7. The molecule has 2 nitrogen and oxygen atoms in total. The highest BCUT2D eigenvalue weighted by atomic mass is 19.3. The van der Waals surface area contributed by atoms with Crippen molar-refractivity contribution < 1.29 is 13.2 Å². The summed E-state index contributed by atoms with van der Waals surface area (Å²) in [4.78, 5) is 5.51. The topological polar surface area (TPSA) is 16.1 Å². The SMILES string of the molecule is C=Cc1cnc(N2CCC(F)(F)CC2)c(F)c1. The van der Waals surface area contributed by atoms with Crippen LogP contribution in [0.3, 0.4) is 0 Å². The summed E-state index contributed by atoms with van der Waals surface area (Å²) >= 11 is 0. The first-order valence-electron chi connectivity index (χ1n) is 5.42. The van der Waals surface area contributed by atoms with Crippen LogP contribution < -0.4 is 4.90 Å². The van der Waals surface area contributed by atoms with Crippen LogP contribution in [-0.2, 0) is 0 Å². The van der Waals surface area contributed by atoms with Gasteiger partial charge in [0.1, 0.15) is 0 Å². The third-order valence-electron chi connectivity index (χ3n) is 2.87. The van der Waals surface area contributed by atoms with Crippen LogP contribution in [0, 0.1) is 5.82 Å². The molecule has 1 aromatic heterocycles. The van der Waals surface area contributed by atoms with E-state index in [9.17, 15) is 13.2 Å². The molecule has 1 aliphatic rings. The molecule has 0 radical (unpaired) electrons. The fourth-order valence-electron chi connectivity index (χ4n) is 1.84. The lowest BCUT2D eigenvalue weighted by molar-refractivity contribution is -0.0222. The second-order valence-corrected chi connectivity index (χ2v) is 4.12. The number of piperidine rings is 1. The maximum atomic E-state index is 13.7. The molecular weight excluding hydrogens is 229 g/mol. The van der Waals surface area contributed by atoms with Crippen LogP contribution in [0.15, 0.2) is 18.8 Å². The Morgan fingerprint density at radius 3 is 2.53 bits per heavy atom. The molecule has 1 aliphatic heterocycles. The first-order chi connectivity index (χ1) is 8.02. The summed E-state index contributed by atoms with van der Waals surface area (Å²) in [6.07, 6.45) is 2.47. The van der Waals surface area contributed by atoms with Gasteiger partial charge in [-0.1, -0.05) is 12.7 Å². The van der Waals surface area contributed by atoms with E-state index in [0.29, 0.717) is 5.56 Å². The number of hydrogen-bond donors (Lipinski definition) is 0. The van der Waals surface area contributed by atoms with Gasteiger partial charge in [-0.3, -0.25) is 0 Å². The van der Waals surface area contributed by atoms with Gasteiger partial charge >= 0.3 is 0 Å². The number of hydrogen-bond acceptors (Lipinski definition) is 2. The standard InChI is InChI=1S/C12H13F3N2/c1-2-9-7-10(13)11(16-8-9)17-5-3-12(14,15)4-6-17/h2,7-8H,1,3-6H2. The highest BCUT2D eigenvalue weighted by Crippen LogP contribution is 2.30. The average molecular weight is 242 g/mol. The van der Waals surface area contributed by atoms with Crippen molar-refractivity contribution >= 4 is 11.9 Å². The number of rotatable bonds is 2. The molecule has 2 heterocycles. The number of aromatic nitrogens is 1. The van der Waals surface area contributed by atoms with Crippen LogP contribution in [0.5, 0.6) is 0 Å². The van der Waals surface area contributed by atoms with Crippen LogP contribution in [0.4, 0.5) is 19.0 Å². The van der Waals surface area contributed by atoms with E-state index in [-0.39, 0.29) is 31.7 Å². The smallest absolute Gasteiger partial charge is 0.251 e. The van der Waals surface area contributed by atoms with E-state index in [0.717, 1.165) is 0 Å². The van der Waals surface area contributed by atoms with Gasteiger partial charge in [0.25, 0.3) is 5.92 Å². The van der Waals surface area contributed by atoms with Gasteiger partial charge in [0.2, 0.25) is 0 Å². The predicted octanol–water partition coefficient (Wildman–Crippen LogP) is 3.10. The molecule has 17 heavy (non-hydrogen) atoms. The fourth-order valence-corrected chi connectivity index (χ4v) is 1.84. The minimum Gasteiger partial charge on any atom is -0.354 e. The van der Waals surface area contributed by atoms with Gasteiger partial charge in [-0.15, -0.1) is 0 Å². The number of alkyl halides is 2. The van der Waals surface area contributed by atoms with E-state index in [1.807, 2.05) is 0 Å². The summed E-state index contributed by atoms with van der Waals surface area (Å²) in [7, 11) is 0. The molecule has 0 amide bonds. The minimum atomic E-state index is -2.63. The third kappa shape index (κ3) is 2.60. The molecule has 0 N–H and O–H groups in total. The Balaban J connectivity index is 2.16. The molecular formula is C12H13F3N2. The Hall–Kier alpha value is -1.52. The van der Waals surface area contributed by atoms with Crippen LogP contribution >= 0.6 is 0 Å².